The summed E-state index contributed by atoms with van der Waals surface area (Å²) < 4.78 is 5.17. The fraction of sp³-hybridized carbons (Fsp3) is 0.875. The highest BCUT2D eigenvalue weighted by molar-refractivity contribution is 6.17. The van der Waals surface area contributed by atoms with E-state index in [1.807, 2.05) is 0 Å². The van der Waals surface area contributed by atoms with Crippen LogP contribution in [0.5, 0.6) is 0 Å². The van der Waals surface area contributed by atoms with Crippen LogP contribution >= 0.6 is 11.6 Å². The van der Waals surface area contributed by atoms with Gasteiger partial charge in [0, 0.05) is 19.5 Å². The van der Waals surface area contributed by atoms with E-state index in [4.69, 9.17) is 16.3 Å². The second-order valence-electron chi connectivity index (χ2n) is 3.05. The molecule has 3 nitrogen and oxygen atoms in total. The first-order valence-corrected chi connectivity index (χ1v) is 4.75. The molecule has 0 bridgehead atoms. The number of carbonyl (C=O) groups excluding carboxylic acids is 1. The van der Waals surface area contributed by atoms with Crippen molar-refractivity contribution >= 4 is 17.7 Å². The fourth-order valence-corrected chi connectivity index (χ4v) is 1.51. The standard InChI is InChI=1S/C8H14ClNO2/c1-10-6-2-3-7(4-5-9)12-8(10)11/h7H,2-6H2,1H3. The molecule has 1 atom stereocenters. The molecule has 0 aromatic rings. The number of halogens is 1. The van der Waals surface area contributed by atoms with Crippen molar-refractivity contribution in [3.8, 4) is 0 Å². The Balaban J connectivity index is 2.42. The zero-order valence-electron chi connectivity index (χ0n) is 7.25. The third kappa shape index (κ3) is 2.55. The van der Waals surface area contributed by atoms with E-state index in [0.29, 0.717) is 5.88 Å². The van der Waals surface area contributed by atoms with E-state index in [1.165, 1.54) is 0 Å². The minimum atomic E-state index is -0.220. The molecular formula is C8H14ClNO2. The van der Waals surface area contributed by atoms with Gasteiger partial charge in [-0.1, -0.05) is 0 Å². The molecule has 0 N–H and O–H groups in total. The topological polar surface area (TPSA) is 29.5 Å². The second kappa shape index (κ2) is 4.55. The average Bonchev–Trinajstić information content (AvgIpc) is 2.16. The van der Waals surface area contributed by atoms with Crippen LogP contribution in [0.1, 0.15) is 19.3 Å². The Morgan fingerprint density at radius 2 is 2.50 bits per heavy atom. The van der Waals surface area contributed by atoms with Gasteiger partial charge in [0.25, 0.3) is 0 Å². The van der Waals surface area contributed by atoms with E-state index in [-0.39, 0.29) is 12.2 Å². The second-order valence-corrected chi connectivity index (χ2v) is 3.43. The summed E-state index contributed by atoms with van der Waals surface area (Å²) in [5.74, 6) is 0.557. The Bertz CT molecular complexity index is 163. The first-order chi connectivity index (χ1) is 5.74. The van der Waals surface area contributed by atoms with Gasteiger partial charge in [-0.05, 0) is 19.3 Å². The SMILES string of the molecule is CN1CCCC(CCCl)OC1=O. The van der Waals surface area contributed by atoms with Gasteiger partial charge in [0.2, 0.25) is 0 Å². The van der Waals surface area contributed by atoms with Gasteiger partial charge in [0.15, 0.2) is 0 Å². The fourth-order valence-electron chi connectivity index (χ4n) is 1.26. The van der Waals surface area contributed by atoms with E-state index < -0.39 is 0 Å². The van der Waals surface area contributed by atoms with Crippen molar-refractivity contribution in [2.45, 2.75) is 25.4 Å². The lowest BCUT2D eigenvalue weighted by molar-refractivity contribution is 0.0798. The molecule has 0 radical (unpaired) electrons. The minimum absolute atomic E-state index is 0.0277. The lowest BCUT2D eigenvalue weighted by Crippen LogP contribution is -2.27. The maximum Gasteiger partial charge on any atom is 0.409 e. The molecule has 0 aromatic heterocycles. The smallest absolute Gasteiger partial charge is 0.409 e. The van der Waals surface area contributed by atoms with Crippen molar-refractivity contribution in [3.63, 3.8) is 0 Å². The molecule has 0 aromatic carbocycles. The average molecular weight is 192 g/mol. The van der Waals surface area contributed by atoms with E-state index in [1.54, 1.807) is 11.9 Å². The molecule has 1 unspecified atom stereocenters. The van der Waals surface area contributed by atoms with Crippen LogP contribution in [0.2, 0.25) is 0 Å². The molecular weight excluding hydrogens is 178 g/mol. The highest BCUT2D eigenvalue weighted by Gasteiger charge is 2.20. The monoisotopic (exact) mass is 191 g/mol. The molecule has 1 aliphatic rings. The lowest BCUT2D eigenvalue weighted by atomic mass is 10.1. The maximum atomic E-state index is 11.2. The van der Waals surface area contributed by atoms with Gasteiger partial charge in [0.05, 0.1) is 0 Å². The lowest BCUT2D eigenvalue weighted by Gasteiger charge is -2.15. The van der Waals surface area contributed by atoms with Crippen molar-refractivity contribution in [2.75, 3.05) is 19.5 Å². The van der Waals surface area contributed by atoms with Crippen LogP contribution in [0.25, 0.3) is 0 Å². The summed E-state index contributed by atoms with van der Waals surface area (Å²) >= 11 is 5.57. The van der Waals surface area contributed by atoms with E-state index >= 15 is 0 Å². The molecule has 1 rings (SSSR count). The number of rotatable bonds is 2. The number of carbonyl (C=O) groups is 1. The van der Waals surface area contributed by atoms with Crippen molar-refractivity contribution in [1.29, 1.82) is 0 Å². The quantitative estimate of drug-likeness (QED) is 0.624. The largest absolute Gasteiger partial charge is 0.446 e. The first-order valence-electron chi connectivity index (χ1n) is 4.21. The van der Waals surface area contributed by atoms with Crippen molar-refractivity contribution < 1.29 is 9.53 Å². The van der Waals surface area contributed by atoms with Crippen LogP contribution < -0.4 is 0 Å². The number of cyclic esters (lactones) is 1. The van der Waals surface area contributed by atoms with Gasteiger partial charge in [-0.25, -0.2) is 4.79 Å². The van der Waals surface area contributed by atoms with E-state index in [9.17, 15) is 4.79 Å². The molecule has 1 aliphatic heterocycles. The van der Waals surface area contributed by atoms with Crippen molar-refractivity contribution in [1.82, 2.24) is 4.90 Å². The number of ether oxygens (including phenoxy) is 1. The van der Waals surface area contributed by atoms with Crippen LogP contribution in [0.15, 0.2) is 0 Å². The molecule has 0 spiro atoms. The third-order valence-corrected chi connectivity index (χ3v) is 2.25. The Kier molecular flexibility index (Phi) is 3.66. The number of hydrogen-bond acceptors (Lipinski definition) is 2. The molecule has 0 aliphatic carbocycles. The molecule has 1 fully saturated rings. The molecule has 1 amide bonds. The molecule has 0 saturated carbocycles. The van der Waals surface area contributed by atoms with Gasteiger partial charge in [-0.15, -0.1) is 11.6 Å². The van der Waals surface area contributed by atoms with Gasteiger partial charge in [0.1, 0.15) is 6.10 Å². The summed E-state index contributed by atoms with van der Waals surface area (Å²) in [7, 11) is 1.76. The number of nitrogens with zero attached hydrogens (tertiary/aromatic N) is 1. The zero-order chi connectivity index (χ0) is 8.97. The summed E-state index contributed by atoms with van der Waals surface area (Å²) in [5, 5.41) is 0. The predicted octanol–water partition coefficient (Wildman–Crippen LogP) is 1.85. The van der Waals surface area contributed by atoms with Gasteiger partial charge < -0.3 is 9.64 Å². The zero-order valence-corrected chi connectivity index (χ0v) is 8.01. The van der Waals surface area contributed by atoms with Gasteiger partial charge in [-0.3, -0.25) is 0 Å². The number of alkyl halides is 1. The molecule has 4 heteroatoms. The summed E-state index contributed by atoms with van der Waals surface area (Å²) in [4.78, 5) is 12.8. The highest BCUT2D eigenvalue weighted by Crippen LogP contribution is 2.14. The van der Waals surface area contributed by atoms with Crippen molar-refractivity contribution in [3.05, 3.63) is 0 Å². The maximum absolute atomic E-state index is 11.2. The third-order valence-electron chi connectivity index (χ3n) is 2.03. The van der Waals surface area contributed by atoms with E-state index in [2.05, 4.69) is 0 Å². The van der Waals surface area contributed by atoms with E-state index in [0.717, 1.165) is 25.8 Å². The Morgan fingerprint density at radius 1 is 1.75 bits per heavy atom. The van der Waals surface area contributed by atoms with Crippen molar-refractivity contribution in [2.24, 2.45) is 0 Å². The summed E-state index contributed by atoms with van der Waals surface area (Å²) in [5.41, 5.74) is 0. The van der Waals surface area contributed by atoms with Crippen LogP contribution in [-0.2, 0) is 4.74 Å². The first kappa shape index (κ1) is 9.65. The van der Waals surface area contributed by atoms with Crippen LogP contribution in [0, 0.1) is 0 Å². The Labute approximate surface area is 77.6 Å². The molecule has 1 saturated heterocycles. The Hall–Kier alpha value is -0.440. The summed E-state index contributed by atoms with van der Waals surface area (Å²) in [6, 6.07) is 0. The molecule has 70 valence electrons. The Morgan fingerprint density at radius 3 is 3.17 bits per heavy atom. The highest BCUT2D eigenvalue weighted by atomic mass is 35.5. The number of amides is 1. The van der Waals surface area contributed by atoms with Crippen LogP contribution in [0.3, 0.4) is 0 Å². The molecule has 12 heavy (non-hydrogen) atoms. The number of hydrogen-bond donors (Lipinski definition) is 0. The van der Waals surface area contributed by atoms with Gasteiger partial charge >= 0.3 is 6.09 Å². The van der Waals surface area contributed by atoms with Gasteiger partial charge in [-0.2, -0.15) is 0 Å². The minimum Gasteiger partial charge on any atom is -0.446 e. The summed E-state index contributed by atoms with van der Waals surface area (Å²) in [6.07, 6.45) is 2.51. The summed E-state index contributed by atoms with van der Waals surface area (Å²) in [6.45, 7) is 0.789. The predicted molar refractivity (Wildman–Crippen MR) is 47.5 cm³/mol. The van der Waals surface area contributed by atoms with Crippen LogP contribution in [-0.4, -0.2) is 36.6 Å². The van der Waals surface area contributed by atoms with Crippen LogP contribution in [0.4, 0.5) is 4.79 Å². The molecule has 1 heterocycles. The normalized spacial score (nSPS) is 25.0.